The molecule has 35 heavy (non-hydrogen) atoms. The smallest absolute Gasteiger partial charge is 0.131 e. The second-order valence-corrected chi connectivity index (χ2v) is 8.37. The maximum Gasteiger partial charge on any atom is 0.131 e. The second kappa shape index (κ2) is 10.5. The average Bonchev–Trinajstić information content (AvgIpc) is 2.93. The Morgan fingerprint density at radius 2 is 0.714 bits per heavy atom. The molecule has 0 saturated carbocycles. The van der Waals surface area contributed by atoms with E-state index in [9.17, 15) is 5.11 Å². The molecule has 0 aromatic heterocycles. The number of benzene rings is 5. The Morgan fingerprint density at radius 3 is 1.20 bits per heavy atom. The molecule has 1 nitrogen and oxygen atoms in total. The fourth-order valence-corrected chi connectivity index (χ4v) is 4.25. The lowest BCUT2D eigenvalue weighted by molar-refractivity contribution is 0.480. The zero-order chi connectivity index (χ0) is 23.9. The quantitative estimate of drug-likeness (QED) is 0.256. The number of phenols is 1. The molecule has 5 aromatic carbocycles. The third-order valence-corrected chi connectivity index (χ3v) is 6.03. The summed E-state index contributed by atoms with van der Waals surface area (Å²) in [5, 5.41) is 13.3. The SMILES string of the molecule is Oc1c(/C=C/c2ccccc2)c(/C=C/c2ccccc2)c(/C=C/c2ccccc2)c2ccccc12. The molecule has 0 atom stereocenters. The van der Waals surface area contributed by atoms with Crippen LogP contribution >= 0.6 is 0 Å². The van der Waals surface area contributed by atoms with Gasteiger partial charge in [-0.15, -0.1) is 0 Å². The summed E-state index contributed by atoms with van der Waals surface area (Å²) in [5.74, 6) is 0.289. The highest BCUT2D eigenvalue weighted by atomic mass is 16.3. The molecule has 1 heteroatoms. The molecule has 0 unspecified atom stereocenters. The zero-order valence-corrected chi connectivity index (χ0v) is 19.4. The molecular weight excluding hydrogens is 424 g/mol. The minimum atomic E-state index is 0.289. The molecule has 0 fully saturated rings. The lowest BCUT2D eigenvalue weighted by Crippen LogP contribution is -1.92. The molecule has 0 aliphatic carbocycles. The highest BCUT2D eigenvalue weighted by Crippen LogP contribution is 2.38. The molecule has 0 spiro atoms. The Kier molecular flexibility index (Phi) is 6.68. The Bertz CT molecular complexity index is 1510. The van der Waals surface area contributed by atoms with Gasteiger partial charge < -0.3 is 5.11 Å². The third-order valence-electron chi connectivity index (χ3n) is 6.03. The van der Waals surface area contributed by atoms with E-state index in [0.29, 0.717) is 0 Å². The fraction of sp³-hybridized carbons (Fsp3) is 0. The van der Waals surface area contributed by atoms with E-state index in [4.69, 9.17) is 0 Å². The molecule has 0 heterocycles. The lowest BCUT2D eigenvalue weighted by atomic mass is 9.91. The van der Waals surface area contributed by atoms with E-state index in [1.165, 1.54) is 0 Å². The van der Waals surface area contributed by atoms with E-state index in [2.05, 4.69) is 66.8 Å². The van der Waals surface area contributed by atoms with Gasteiger partial charge in [0.2, 0.25) is 0 Å². The standard InChI is InChI=1S/C34H26O/c35-34-32-19-11-10-18-29(32)30(23-20-26-12-4-1-5-13-26)31(24-21-27-14-6-2-7-15-27)33(34)25-22-28-16-8-3-9-17-28/h1-25,35H/b23-20+,24-21+,25-22+. The van der Waals surface area contributed by atoms with E-state index in [1.54, 1.807) is 0 Å². The van der Waals surface area contributed by atoms with Gasteiger partial charge in [0, 0.05) is 10.9 Å². The van der Waals surface area contributed by atoms with Gasteiger partial charge >= 0.3 is 0 Å². The molecular formula is C34H26O. The van der Waals surface area contributed by atoms with Gasteiger partial charge in [-0.1, -0.05) is 152 Å². The van der Waals surface area contributed by atoms with Gasteiger partial charge in [0.25, 0.3) is 0 Å². The topological polar surface area (TPSA) is 20.2 Å². The van der Waals surface area contributed by atoms with Gasteiger partial charge in [0.05, 0.1) is 0 Å². The lowest BCUT2D eigenvalue weighted by Gasteiger charge is -2.15. The van der Waals surface area contributed by atoms with Crippen molar-refractivity contribution in [3.63, 3.8) is 0 Å². The number of rotatable bonds is 6. The Hall–Kier alpha value is -4.62. The van der Waals surface area contributed by atoms with E-state index >= 15 is 0 Å². The maximum atomic E-state index is 11.4. The van der Waals surface area contributed by atoms with Crippen LogP contribution in [0, 0.1) is 0 Å². The van der Waals surface area contributed by atoms with E-state index in [0.717, 1.165) is 44.2 Å². The van der Waals surface area contributed by atoms with Crippen molar-refractivity contribution in [3.8, 4) is 5.75 Å². The fourth-order valence-electron chi connectivity index (χ4n) is 4.25. The summed E-state index contributed by atoms with van der Waals surface area (Å²) in [6, 6.07) is 38.7. The van der Waals surface area contributed by atoms with Crippen LogP contribution in [0.15, 0.2) is 115 Å². The van der Waals surface area contributed by atoms with Crippen molar-refractivity contribution in [2.24, 2.45) is 0 Å². The van der Waals surface area contributed by atoms with Crippen molar-refractivity contribution in [2.75, 3.05) is 0 Å². The monoisotopic (exact) mass is 450 g/mol. The zero-order valence-electron chi connectivity index (χ0n) is 19.4. The molecule has 5 rings (SSSR count). The number of aromatic hydroxyl groups is 1. The first kappa shape index (κ1) is 22.2. The van der Waals surface area contributed by atoms with Gasteiger partial charge in [0.1, 0.15) is 5.75 Å². The number of hydrogen-bond donors (Lipinski definition) is 1. The predicted molar refractivity (Wildman–Crippen MR) is 152 cm³/mol. The van der Waals surface area contributed by atoms with Crippen molar-refractivity contribution < 1.29 is 5.11 Å². The summed E-state index contributed by atoms with van der Waals surface area (Å²) in [6.07, 6.45) is 12.6. The minimum absolute atomic E-state index is 0.289. The first-order valence-electron chi connectivity index (χ1n) is 11.8. The Labute approximate surface area is 206 Å². The molecule has 0 bridgehead atoms. The minimum Gasteiger partial charge on any atom is -0.507 e. The summed E-state index contributed by atoms with van der Waals surface area (Å²) in [4.78, 5) is 0. The summed E-state index contributed by atoms with van der Waals surface area (Å²) >= 11 is 0. The predicted octanol–water partition coefficient (Wildman–Crippen LogP) is 9.06. The Morgan fingerprint density at radius 1 is 0.343 bits per heavy atom. The van der Waals surface area contributed by atoms with Crippen molar-refractivity contribution in [3.05, 3.63) is 149 Å². The first-order valence-corrected chi connectivity index (χ1v) is 11.8. The molecule has 0 amide bonds. The normalized spacial score (nSPS) is 11.8. The van der Waals surface area contributed by atoms with E-state index < -0.39 is 0 Å². The van der Waals surface area contributed by atoms with Crippen molar-refractivity contribution in [2.45, 2.75) is 0 Å². The molecule has 0 radical (unpaired) electrons. The molecule has 0 saturated heterocycles. The van der Waals surface area contributed by atoms with E-state index in [-0.39, 0.29) is 5.75 Å². The molecule has 168 valence electrons. The Balaban J connectivity index is 1.74. The van der Waals surface area contributed by atoms with Crippen LogP contribution in [0.5, 0.6) is 5.75 Å². The van der Waals surface area contributed by atoms with Gasteiger partial charge in [-0.3, -0.25) is 0 Å². The first-order chi connectivity index (χ1) is 17.3. The van der Waals surface area contributed by atoms with Crippen LogP contribution in [0.2, 0.25) is 0 Å². The van der Waals surface area contributed by atoms with Crippen LogP contribution in [0.25, 0.3) is 47.2 Å². The van der Waals surface area contributed by atoms with Crippen LogP contribution in [0.1, 0.15) is 33.4 Å². The van der Waals surface area contributed by atoms with Crippen LogP contribution < -0.4 is 0 Å². The van der Waals surface area contributed by atoms with Gasteiger partial charge in [-0.2, -0.15) is 0 Å². The van der Waals surface area contributed by atoms with E-state index in [1.807, 2.05) is 84.9 Å². The van der Waals surface area contributed by atoms with Crippen LogP contribution in [-0.4, -0.2) is 5.11 Å². The largest absolute Gasteiger partial charge is 0.507 e. The molecule has 1 N–H and O–H groups in total. The maximum absolute atomic E-state index is 11.4. The summed E-state index contributed by atoms with van der Waals surface area (Å²) < 4.78 is 0. The summed E-state index contributed by atoms with van der Waals surface area (Å²) in [7, 11) is 0. The van der Waals surface area contributed by atoms with Crippen molar-refractivity contribution in [1.82, 2.24) is 0 Å². The molecule has 5 aromatic rings. The van der Waals surface area contributed by atoms with Crippen molar-refractivity contribution >= 4 is 47.2 Å². The van der Waals surface area contributed by atoms with Crippen LogP contribution in [0.4, 0.5) is 0 Å². The third kappa shape index (κ3) is 5.15. The second-order valence-electron chi connectivity index (χ2n) is 8.37. The average molecular weight is 451 g/mol. The highest BCUT2D eigenvalue weighted by molar-refractivity contribution is 6.04. The highest BCUT2D eigenvalue weighted by Gasteiger charge is 2.14. The van der Waals surface area contributed by atoms with Crippen LogP contribution in [0.3, 0.4) is 0 Å². The van der Waals surface area contributed by atoms with Gasteiger partial charge in [-0.05, 0) is 33.2 Å². The summed E-state index contributed by atoms with van der Waals surface area (Å²) in [5.41, 5.74) is 6.17. The van der Waals surface area contributed by atoms with Gasteiger partial charge in [-0.25, -0.2) is 0 Å². The number of fused-ring (bicyclic) bond motifs is 1. The number of phenolic OH excluding ortho intramolecular Hbond substituents is 1. The van der Waals surface area contributed by atoms with Crippen molar-refractivity contribution in [1.29, 1.82) is 0 Å². The molecule has 0 aliphatic rings. The molecule has 0 aliphatic heterocycles. The number of hydrogen-bond acceptors (Lipinski definition) is 1. The van der Waals surface area contributed by atoms with Crippen LogP contribution in [-0.2, 0) is 0 Å². The summed E-state index contributed by atoms with van der Waals surface area (Å²) in [6.45, 7) is 0. The van der Waals surface area contributed by atoms with Gasteiger partial charge in [0.15, 0.2) is 0 Å².